The van der Waals surface area contributed by atoms with Crippen LogP contribution in [0.15, 0.2) is 42.5 Å². The summed E-state index contributed by atoms with van der Waals surface area (Å²) in [5, 5.41) is 10.3. The third-order valence-corrected chi connectivity index (χ3v) is 4.96. The molecule has 2 atom stereocenters. The van der Waals surface area contributed by atoms with Crippen molar-refractivity contribution in [3.05, 3.63) is 53.8 Å². The van der Waals surface area contributed by atoms with Crippen molar-refractivity contribution in [3.63, 3.8) is 0 Å². The summed E-state index contributed by atoms with van der Waals surface area (Å²) in [5.74, 6) is 0.444. The SMILES string of the molecule is C[C@H]1C(=O)N(C[C@H](O)COCc2ccc3c(c2)OCO3)C(=O)N1c1ccc(F)cc1. The van der Waals surface area contributed by atoms with Crippen molar-refractivity contribution in [2.24, 2.45) is 0 Å². The number of anilines is 1. The minimum absolute atomic E-state index is 0.0591. The molecule has 1 saturated heterocycles. The minimum Gasteiger partial charge on any atom is -0.454 e. The lowest BCUT2D eigenvalue weighted by molar-refractivity contribution is -0.128. The number of halogens is 1. The number of rotatable bonds is 7. The summed E-state index contributed by atoms with van der Waals surface area (Å²) in [6.45, 7) is 1.75. The predicted octanol–water partition coefficient (Wildman–Crippen LogP) is 2.29. The monoisotopic (exact) mass is 416 g/mol. The van der Waals surface area contributed by atoms with Gasteiger partial charge in [-0.05, 0) is 48.9 Å². The third kappa shape index (κ3) is 3.94. The van der Waals surface area contributed by atoms with Gasteiger partial charge in [0.1, 0.15) is 11.9 Å². The van der Waals surface area contributed by atoms with Crippen LogP contribution in [0.5, 0.6) is 11.5 Å². The molecule has 2 aromatic rings. The van der Waals surface area contributed by atoms with Crippen LogP contribution >= 0.6 is 0 Å². The van der Waals surface area contributed by atoms with Gasteiger partial charge >= 0.3 is 6.03 Å². The summed E-state index contributed by atoms with van der Waals surface area (Å²) in [5.41, 5.74) is 1.26. The lowest BCUT2D eigenvalue weighted by atomic mass is 10.2. The van der Waals surface area contributed by atoms with Gasteiger partial charge in [-0.3, -0.25) is 14.6 Å². The van der Waals surface area contributed by atoms with E-state index in [1.54, 1.807) is 19.1 Å². The maximum atomic E-state index is 13.2. The van der Waals surface area contributed by atoms with Gasteiger partial charge in [0.15, 0.2) is 11.5 Å². The first kappa shape index (κ1) is 20.1. The van der Waals surface area contributed by atoms with E-state index < -0.39 is 29.9 Å². The number of amides is 3. The topological polar surface area (TPSA) is 88.5 Å². The number of nitrogens with zero attached hydrogens (tertiary/aromatic N) is 2. The number of β-amino-alcohol motifs (C(OH)–C–C–N with tert-alkyl or cyclic N) is 1. The minimum atomic E-state index is -1.05. The van der Waals surface area contributed by atoms with E-state index in [1.807, 2.05) is 6.07 Å². The molecule has 2 heterocycles. The molecular formula is C21H21FN2O6. The molecule has 0 radical (unpaired) electrons. The first-order chi connectivity index (χ1) is 14.4. The molecule has 2 aromatic carbocycles. The van der Waals surface area contributed by atoms with Gasteiger partial charge in [-0.15, -0.1) is 0 Å². The Balaban J connectivity index is 1.32. The van der Waals surface area contributed by atoms with E-state index in [0.717, 1.165) is 10.5 Å². The first-order valence-corrected chi connectivity index (χ1v) is 9.48. The Kier molecular flexibility index (Phi) is 5.56. The predicted molar refractivity (Wildman–Crippen MR) is 104 cm³/mol. The van der Waals surface area contributed by atoms with Crippen LogP contribution < -0.4 is 14.4 Å². The zero-order chi connectivity index (χ0) is 21.3. The number of aliphatic hydroxyl groups is 1. The number of imide groups is 1. The van der Waals surface area contributed by atoms with Crippen LogP contribution in [0.4, 0.5) is 14.9 Å². The fourth-order valence-corrected chi connectivity index (χ4v) is 3.44. The maximum absolute atomic E-state index is 13.2. The number of aliphatic hydroxyl groups excluding tert-OH is 1. The highest BCUT2D eigenvalue weighted by atomic mass is 19.1. The molecule has 0 spiro atoms. The molecule has 1 N–H and O–H groups in total. The molecule has 2 aliphatic heterocycles. The molecule has 1 fully saturated rings. The lowest BCUT2D eigenvalue weighted by Crippen LogP contribution is -2.40. The van der Waals surface area contributed by atoms with Crippen molar-refractivity contribution < 1.29 is 33.3 Å². The average Bonchev–Trinajstić information content (AvgIpc) is 3.27. The molecule has 2 aliphatic rings. The Morgan fingerprint density at radius 3 is 2.67 bits per heavy atom. The zero-order valence-electron chi connectivity index (χ0n) is 16.3. The van der Waals surface area contributed by atoms with Crippen LogP contribution in [0.2, 0.25) is 0 Å². The molecule has 9 heteroatoms. The summed E-state index contributed by atoms with van der Waals surface area (Å²) >= 11 is 0. The molecule has 158 valence electrons. The Morgan fingerprint density at radius 2 is 1.90 bits per heavy atom. The van der Waals surface area contributed by atoms with E-state index in [4.69, 9.17) is 14.2 Å². The van der Waals surface area contributed by atoms with Gasteiger partial charge in [-0.2, -0.15) is 0 Å². The lowest BCUT2D eigenvalue weighted by Gasteiger charge is -2.20. The molecule has 8 nitrogen and oxygen atoms in total. The highest BCUT2D eigenvalue weighted by Crippen LogP contribution is 2.32. The van der Waals surface area contributed by atoms with Gasteiger partial charge in [0, 0.05) is 5.69 Å². The van der Waals surface area contributed by atoms with Gasteiger partial charge in [0.05, 0.1) is 25.9 Å². The Labute approximate surface area is 172 Å². The van der Waals surface area contributed by atoms with Gasteiger partial charge in [0.25, 0.3) is 5.91 Å². The van der Waals surface area contributed by atoms with Crippen molar-refractivity contribution in [3.8, 4) is 11.5 Å². The second-order valence-electron chi connectivity index (χ2n) is 7.11. The fraction of sp³-hybridized carbons (Fsp3) is 0.333. The Morgan fingerprint density at radius 1 is 1.17 bits per heavy atom. The second kappa shape index (κ2) is 8.29. The second-order valence-corrected chi connectivity index (χ2v) is 7.11. The van der Waals surface area contributed by atoms with Crippen LogP contribution in [-0.4, -0.2) is 54.0 Å². The smallest absolute Gasteiger partial charge is 0.332 e. The van der Waals surface area contributed by atoms with Crippen molar-refractivity contribution in [1.29, 1.82) is 0 Å². The zero-order valence-corrected chi connectivity index (χ0v) is 16.3. The number of carbonyl (C=O) groups excluding carboxylic acids is 2. The molecular weight excluding hydrogens is 395 g/mol. The summed E-state index contributed by atoms with van der Waals surface area (Å²) in [6, 6.07) is 9.42. The van der Waals surface area contributed by atoms with Crippen LogP contribution in [0.25, 0.3) is 0 Å². The van der Waals surface area contributed by atoms with E-state index in [1.165, 1.54) is 29.2 Å². The number of carbonyl (C=O) groups is 2. The average molecular weight is 416 g/mol. The van der Waals surface area contributed by atoms with E-state index in [0.29, 0.717) is 17.2 Å². The van der Waals surface area contributed by atoms with Gasteiger partial charge < -0.3 is 19.3 Å². The van der Waals surface area contributed by atoms with Gasteiger partial charge in [-0.1, -0.05) is 6.07 Å². The Bertz CT molecular complexity index is 951. The van der Waals surface area contributed by atoms with Crippen LogP contribution in [-0.2, 0) is 16.1 Å². The number of hydrogen-bond donors (Lipinski definition) is 1. The normalized spacial score (nSPS) is 19.0. The standard InChI is InChI=1S/C21H21FN2O6/c1-13-20(26)23(21(27)24(13)16-5-3-15(22)4-6-16)9-17(25)11-28-10-14-2-7-18-19(8-14)30-12-29-18/h2-8,13,17,25H,9-12H2,1H3/t13-,17-/m0/s1. The number of urea groups is 1. The maximum Gasteiger partial charge on any atom is 0.332 e. The molecule has 0 unspecified atom stereocenters. The van der Waals surface area contributed by atoms with Crippen molar-refractivity contribution in [2.75, 3.05) is 24.8 Å². The summed E-state index contributed by atoms with van der Waals surface area (Å²) in [6.07, 6.45) is -1.05. The van der Waals surface area contributed by atoms with Crippen LogP contribution in [0.3, 0.4) is 0 Å². The quantitative estimate of drug-likeness (QED) is 0.697. The first-order valence-electron chi connectivity index (χ1n) is 9.48. The summed E-state index contributed by atoms with van der Waals surface area (Å²) in [4.78, 5) is 27.5. The van der Waals surface area contributed by atoms with Crippen LogP contribution in [0, 0.1) is 5.82 Å². The molecule has 30 heavy (non-hydrogen) atoms. The largest absolute Gasteiger partial charge is 0.454 e. The van der Waals surface area contributed by atoms with Gasteiger partial charge in [-0.25, -0.2) is 9.18 Å². The number of hydrogen-bond acceptors (Lipinski definition) is 6. The van der Waals surface area contributed by atoms with E-state index in [2.05, 4.69) is 0 Å². The molecule has 0 aromatic heterocycles. The van der Waals surface area contributed by atoms with Crippen molar-refractivity contribution >= 4 is 17.6 Å². The van der Waals surface area contributed by atoms with Gasteiger partial charge in [0.2, 0.25) is 6.79 Å². The third-order valence-electron chi connectivity index (χ3n) is 4.96. The van der Waals surface area contributed by atoms with Crippen molar-refractivity contribution in [1.82, 2.24) is 4.90 Å². The molecule has 0 bridgehead atoms. The summed E-state index contributed by atoms with van der Waals surface area (Å²) < 4.78 is 29.2. The van der Waals surface area contributed by atoms with Crippen molar-refractivity contribution in [2.45, 2.75) is 25.7 Å². The van der Waals surface area contributed by atoms with E-state index >= 15 is 0 Å². The number of benzene rings is 2. The molecule has 0 saturated carbocycles. The highest BCUT2D eigenvalue weighted by Gasteiger charge is 2.43. The fourth-order valence-electron chi connectivity index (χ4n) is 3.44. The highest BCUT2D eigenvalue weighted by molar-refractivity contribution is 6.14. The molecule has 4 rings (SSSR count). The molecule has 0 aliphatic carbocycles. The number of fused-ring (bicyclic) bond motifs is 1. The van der Waals surface area contributed by atoms with E-state index in [-0.39, 0.29) is 26.6 Å². The van der Waals surface area contributed by atoms with E-state index in [9.17, 15) is 19.1 Å². The Hall–Kier alpha value is -3.17. The number of ether oxygens (including phenoxy) is 3. The summed E-state index contributed by atoms with van der Waals surface area (Å²) in [7, 11) is 0. The molecule has 3 amide bonds. The van der Waals surface area contributed by atoms with Crippen LogP contribution in [0.1, 0.15) is 12.5 Å².